The van der Waals surface area contributed by atoms with E-state index in [9.17, 15) is 4.79 Å². The summed E-state index contributed by atoms with van der Waals surface area (Å²) in [5.74, 6) is 1.01. The zero-order valence-electron chi connectivity index (χ0n) is 14.5. The molecule has 6 nitrogen and oxygen atoms in total. The Morgan fingerprint density at radius 1 is 1.40 bits per heavy atom. The molecule has 2 aromatic rings. The van der Waals surface area contributed by atoms with Crippen LogP contribution in [0, 0.1) is 5.92 Å². The van der Waals surface area contributed by atoms with Crippen molar-refractivity contribution >= 4 is 17.2 Å². The molecule has 134 valence electrons. The van der Waals surface area contributed by atoms with Crippen molar-refractivity contribution < 1.29 is 9.53 Å². The largest absolute Gasteiger partial charge is 0.497 e. The third kappa shape index (κ3) is 4.36. The van der Waals surface area contributed by atoms with E-state index in [4.69, 9.17) is 4.74 Å². The molecule has 1 saturated heterocycles. The highest BCUT2D eigenvalue weighted by atomic mass is 32.1. The molecular formula is C18H24N4O2S. The number of amides is 1. The number of nitrogens with zero attached hydrogens (tertiary/aromatic N) is 1. The van der Waals surface area contributed by atoms with Crippen molar-refractivity contribution in [3.8, 4) is 5.75 Å². The zero-order chi connectivity index (χ0) is 17.6. The number of hydrogen-bond acceptors (Lipinski definition) is 6. The summed E-state index contributed by atoms with van der Waals surface area (Å²) in [6.07, 6.45) is 1.96. The average molecular weight is 360 g/mol. The van der Waals surface area contributed by atoms with Crippen LogP contribution in [0.2, 0.25) is 0 Å². The third-order valence-corrected chi connectivity index (χ3v) is 5.25. The van der Waals surface area contributed by atoms with Crippen molar-refractivity contribution in [2.75, 3.05) is 20.2 Å². The number of aryl methyl sites for hydroxylation is 1. The Labute approximate surface area is 152 Å². The fraction of sp³-hybridized carbons (Fsp3) is 0.444. The molecule has 3 rings (SSSR count). The number of aromatic nitrogens is 1. The van der Waals surface area contributed by atoms with Gasteiger partial charge in [-0.05, 0) is 30.5 Å². The van der Waals surface area contributed by atoms with Gasteiger partial charge in [-0.15, -0.1) is 11.3 Å². The normalized spacial score (nSPS) is 19.8. The van der Waals surface area contributed by atoms with Crippen LogP contribution in [-0.4, -0.2) is 31.1 Å². The number of benzene rings is 1. The number of rotatable bonds is 7. The molecule has 0 radical (unpaired) electrons. The summed E-state index contributed by atoms with van der Waals surface area (Å²) in [4.78, 5) is 16.7. The molecule has 0 spiro atoms. The Balaban J connectivity index is 1.58. The number of thiazole rings is 1. The van der Waals surface area contributed by atoms with Crippen LogP contribution < -0.4 is 20.9 Å². The van der Waals surface area contributed by atoms with Crippen LogP contribution in [0.15, 0.2) is 29.6 Å². The van der Waals surface area contributed by atoms with Crippen LogP contribution in [0.5, 0.6) is 5.75 Å². The lowest BCUT2D eigenvalue weighted by Gasteiger charge is -2.19. The zero-order valence-corrected chi connectivity index (χ0v) is 15.4. The van der Waals surface area contributed by atoms with Gasteiger partial charge in [-0.3, -0.25) is 10.2 Å². The average Bonchev–Trinajstić information content (AvgIpc) is 3.29. The summed E-state index contributed by atoms with van der Waals surface area (Å²) in [5.41, 5.74) is 8.17. The molecule has 0 aliphatic carbocycles. The maximum absolute atomic E-state index is 12.3. The molecule has 0 saturated carbocycles. The van der Waals surface area contributed by atoms with Crippen LogP contribution in [0.3, 0.4) is 0 Å². The van der Waals surface area contributed by atoms with Crippen LogP contribution in [0.1, 0.15) is 40.4 Å². The molecular weight excluding hydrogens is 336 g/mol. The van der Waals surface area contributed by atoms with Crippen LogP contribution in [-0.2, 0) is 6.42 Å². The fourth-order valence-corrected chi connectivity index (χ4v) is 3.83. The van der Waals surface area contributed by atoms with E-state index in [-0.39, 0.29) is 17.9 Å². The van der Waals surface area contributed by atoms with Crippen molar-refractivity contribution in [2.24, 2.45) is 5.92 Å². The summed E-state index contributed by atoms with van der Waals surface area (Å²) < 4.78 is 5.21. The summed E-state index contributed by atoms with van der Waals surface area (Å²) in [6.45, 7) is 3.51. The Kier molecular flexibility index (Phi) is 6.01. The van der Waals surface area contributed by atoms with Crippen molar-refractivity contribution in [3.05, 3.63) is 45.9 Å². The van der Waals surface area contributed by atoms with Crippen molar-refractivity contribution in [2.45, 2.75) is 25.8 Å². The molecule has 2 unspecified atom stereocenters. The predicted molar refractivity (Wildman–Crippen MR) is 98.8 cm³/mol. The first kappa shape index (κ1) is 17.8. The van der Waals surface area contributed by atoms with Gasteiger partial charge in [0.2, 0.25) is 0 Å². The number of hydrogen-bond donors (Lipinski definition) is 3. The summed E-state index contributed by atoms with van der Waals surface area (Å²) in [5, 5.41) is 5.88. The maximum atomic E-state index is 12.3. The van der Waals surface area contributed by atoms with Gasteiger partial charge in [0.15, 0.2) is 0 Å². The molecule has 1 aromatic heterocycles. The smallest absolute Gasteiger partial charge is 0.270 e. The van der Waals surface area contributed by atoms with Crippen molar-refractivity contribution in [3.63, 3.8) is 0 Å². The van der Waals surface area contributed by atoms with E-state index in [1.54, 1.807) is 18.4 Å². The highest BCUT2D eigenvalue weighted by Crippen LogP contribution is 2.26. The molecule has 25 heavy (non-hydrogen) atoms. The number of carbonyl (C=O) groups excluding carboxylic acids is 1. The minimum absolute atomic E-state index is 0.0982. The summed E-state index contributed by atoms with van der Waals surface area (Å²) >= 11 is 1.55. The second kappa shape index (κ2) is 8.42. The Bertz CT molecular complexity index is 701. The van der Waals surface area contributed by atoms with Gasteiger partial charge < -0.3 is 10.1 Å². The number of ether oxygens (including phenoxy) is 1. The Morgan fingerprint density at radius 3 is 2.92 bits per heavy atom. The monoisotopic (exact) mass is 360 g/mol. The minimum atomic E-state index is -0.0982. The first-order valence-electron chi connectivity index (χ1n) is 8.56. The SMILES string of the molecule is CCCc1nc(C(=O)NCC2CNNC2c2ccc(OC)cc2)cs1. The lowest BCUT2D eigenvalue weighted by atomic mass is 9.95. The van der Waals surface area contributed by atoms with Crippen LogP contribution in [0.25, 0.3) is 0 Å². The van der Waals surface area contributed by atoms with Gasteiger partial charge in [0.05, 0.1) is 18.2 Å². The van der Waals surface area contributed by atoms with E-state index in [2.05, 4.69) is 40.2 Å². The Morgan fingerprint density at radius 2 is 2.20 bits per heavy atom. The van der Waals surface area contributed by atoms with E-state index in [0.29, 0.717) is 12.2 Å². The van der Waals surface area contributed by atoms with Gasteiger partial charge in [0.25, 0.3) is 5.91 Å². The lowest BCUT2D eigenvalue weighted by molar-refractivity contribution is 0.0942. The standard InChI is InChI=1S/C18H24N4O2S/c1-3-4-16-21-15(11-25-16)18(23)19-9-13-10-20-22-17(13)12-5-7-14(24-2)8-6-12/h5-8,11,13,17,20,22H,3-4,9-10H2,1-2H3,(H,19,23). The number of methoxy groups -OCH3 is 1. The van der Waals surface area contributed by atoms with E-state index in [1.807, 2.05) is 17.5 Å². The van der Waals surface area contributed by atoms with E-state index < -0.39 is 0 Å². The minimum Gasteiger partial charge on any atom is -0.497 e. The molecule has 2 atom stereocenters. The molecule has 0 bridgehead atoms. The Hall–Kier alpha value is -1.96. The summed E-state index contributed by atoms with van der Waals surface area (Å²) in [7, 11) is 1.66. The van der Waals surface area contributed by atoms with Gasteiger partial charge >= 0.3 is 0 Å². The lowest BCUT2D eigenvalue weighted by Crippen LogP contribution is -2.33. The van der Waals surface area contributed by atoms with Gasteiger partial charge in [-0.25, -0.2) is 10.4 Å². The molecule has 1 fully saturated rings. The fourth-order valence-electron chi connectivity index (χ4n) is 2.95. The van der Waals surface area contributed by atoms with E-state index in [1.165, 1.54) is 5.56 Å². The van der Waals surface area contributed by atoms with Crippen LogP contribution in [0.4, 0.5) is 0 Å². The predicted octanol–water partition coefficient (Wildman–Crippen LogP) is 2.30. The summed E-state index contributed by atoms with van der Waals surface area (Å²) in [6, 6.07) is 8.16. The third-order valence-electron chi connectivity index (χ3n) is 4.34. The van der Waals surface area contributed by atoms with E-state index >= 15 is 0 Å². The van der Waals surface area contributed by atoms with Gasteiger partial charge in [-0.1, -0.05) is 19.1 Å². The number of hydrazine groups is 1. The van der Waals surface area contributed by atoms with Crippen LogP contribution >= 0.6 is 11.3 Å². The molecule has 3 N–H and O–H groups in total. The number of carbonyl (C=O) groups is 1. The molecule has 2 heterocycles. The molecule has 1 amide bonds. The van der Waals surface area contributed by atoms with Crippen molar-refractivity contribution in [1.82, 2.24) is 21.2 Å². The van der Waals surface area contributed by atoms with E-state index in [0.717, 1.165) is 30.1 Å². The molecule has 1 aliphatic heterocycles. The molecule has 7 heteroatoms. The number of nitrogens with one attached hydrogen (secondary N) is 3. The first-order chi connectivity index (χ1) is 12.2. The molecule has 1 aliphatic rings. The first-order valence-corrected chi connectivity index (χ1v) is 9.44. The highest BCUT2D eigenvalue weighted by molar-refractivity contribution is 7.09. The van der Waals surface area contributed by atoms with Gasteiger partial charge in [0, 0.05) is 24.4 Å². The second-order valence-corrected chi connectivity index (χ2v) is 7.07. The topological polar surface area (TPSA) is 75.3 Å². The van der Waals surface area contributed by atoms with Crippen molar-refractivity contribution in [1.29, 1.82) is 0 Å². The highest BCUT2D eigenvalue weighted by Gasteiger charge is 2.28. The van der Waals surface area contributed by atoms with Gasteiger partial charge in [-0.2, -0.15) is 0 Å². The second-order valence-electron chi connectivity index (χ2n) is 6.12. The quantitative estimate of drug-likeness (QED) is 0.706. The maximum Gasteiger partial charge on any atom is 0.270 e. The van der Waals surface area contributed by atoms with Gasteiger partial charge in [0.1, 0.15) is 11.4 Å². The molecule has 1 aromatic carbocycles.